The Morgan fingerprint density at radius 2 is 1.83 bits per heavy atom. The van der Waals surface area contributed by atoms with Gasteiger partial charge in [-0.15, -0.1) is 0 Å². The van der Waals surface area contributed by atoms with Gasteiger partial charge in [-0.3, -0.25) is 9.69 Å². The van der Waals surface area contributed by atoms with E-state index >= 15 is 0 Å². The van der Waals surface area contributed by atoms with Crippen LogP contribution < -0.4 is 5.32 Å². The van der Waals surface area contributed by atoms with E-state index in [1.54, 1.807) is 6.92 Å². The zero-order valence-electron chi connectivity index (χ0n) is 12.9. The van der Waals surface area contributed by atoms with Gasteiger partial charge in [0.15, 0.2) is 0 Å². The molecule has 1 atom stereocenters. The highest BCUT2D eigenvalue weighted by Gasteiger charge is 2.59. The maximum Gasteiger partial charge on any atom is 0.325 e. The van der Waals surface area contributed by atoms with E-state index in [4.69, 9.17) is 0 Å². The van der Waals surface area contributed by atoms with E-state index in [1.807, 2.05) is 0 Å². The summed E-state index contributed by atoms with van der Waals surface area (Å²) >= 11 is 0. The fraction of sp³-hybridized carbons (Fsp3) is 0.529. The minimum absolute atomic E-state index is 0.000579. The lowest BCUT2D eigenvalue weighted by Crippen LogP contribution is -2.46. The molecule has 0 bridgehead atoms. The van der Waals surface area contributed by atoms with Gasteiger partial charge >= 0.3 is 6.03 Å². The minimum Gasteiger partial charge on any atom is -0.323 e. The topological polar surface area (TPSA) is 49.4 Å². The van der Waals surface area contributed by atoms with Crippen molar-refractivity contribution < 1.29 is 18.4 Å². The van der Waals surface area contributed by atoms with Gasteiger partial charge in [-0.25, -0.2) is 13.6 Å². The summed E-state index contributed by atoms with van der Waals surface area (Å²) in [4.78, 5) is 26.1. The molecule has 122 valence electrons. The van der Waals surface area contributed by atoms with E-state index in [1.165, 1.54) is 18.2 Å². The number of halogens is 2. The van der Waals surface area contributed by atoms with Gasteiger partial charge in [0.05, 0.1) is 0 Å². The number of nitrogens with zero attached hydrogens (tertiary/aromatic N) is 1. The number of benzene rings is 1. The third kappa shape index (κ3) is 2.07. The number of imide groups is 1. The first-order valence-corrected chi connectivity index (χ1v) is 7.96. The second-order valence-electron chi connectivity index (χ2n) is 7.18. The third-order valence-corrected chi connectivity index (χ3v) is 5.50. The van der Waals surface area contributed by atoms with E-state index in [9.17, 15) is 18.4 Å². The minimum atomic E-state index is -0.860. The van der Waals surface area contributed by atoms with Crippen molar-refractivity contribution in [2.45, 2.75) is 43.6 Å². The van der Waals surface area contributed by atoms with Gasteiger partial charge in [0.1, 0.15) is 17.2 Å². The lowest BCUT2D eigenvalue weighted by Gasteiger charge is -2.24. The molecule has 1 aliphatic heterocycles. The first-order valence-electron chi connectivity index (χ1n) is 7.96. The second kappa shape index (κ2) is 4.52. The van der Waals surface area contributed by atoms with Crippen LogP contribution in [0, 0.1) is 17.6 Å². The predicted molar refractivity (Wildman–Crippen MR) is 78.6 cm³/mol. The summed E-state index contributed by atoms with van der Waals surface area (Å²) in [5, 5.41) is 2.77. The maximum absolute atomic E-state index is 14.1. The Balaban J connectivity index is 1.63. The van der Waals surface area contributed by atoms with E-state index < -0.39 is 28.6 Å². The zero-order valence-corrected chi connectivity index (χ0v) is 12.9. The molecule has 0 radical (unpaired) electrons. The average molecular weight is 320 g/mol. The number of hydrogen-bond donors (Lipinski definition) is 1. The lowest BCUT2D eigenvalue weighted by atomic mass is 9.92. The van der Waals surface area contributed by atoms with Crippen molar-refractivity contribution in [1.29, 1.82) is 0 Å². The molecule has 1 N–H and O–H groups in total. The molecular formula is C17H18F2N2O2. The molecule has 1 saturated heterocycles. The van der Waals surface area contributed by atoms with Crippen molar-refractivity contribution in [3.63, 3.8) is 0 Å². The number of urea groups is 1. The molecule has 3 aliphatic rings. The molecule has 3 amide bonds. The average Bonchev–Trinajstić information content (AvgIpc) is 3.37. The van der Waals surface area contributed by atoms with Gasteiger partial charge in [0, 0.05) is 17.5 Å². The van der Waals surface area contributed by atoms with Crippen molar-refractivity contribution in [1.82, 2.24) is 10.2 Å². The molecule has 6 heteroatoms. The molecule has 2 saturated carbocycles. The Kier molecular flexibility index (Phi) is 2.87. The molecule has 1 heterocycles. The molecule has 0 aromatic heterocycles. The van der Waals surface area contributed by atoms with Crippen LogP contribution in [0.3, 0.4) is 0 Å². The summed E-state index contributed by atoms with van der Waals surface area (Å²) in [5.41, 5.74) is -1.64. The highest BCUT2D eigenvalue weighted by Crippen LogP contribution is 2.52. The molecule has 1 aromatic rings. The van der Waals surface area contributed by atoms with Crippen LogP contribution in [0.4, 0.5) is 13.6 Å². The van der Waals surface area contributed by atoms with Crippen LogP contribution in [-0.2, 0) is 10.2 Å². The molecule has 0 spiro atoms. The third-order valence-electron chi connectivity index (χ3n) is 5.50. The van der Waals surface area contributed by atoms with E-state index in [0.717, 1.165) is 17.7 Å². The molecule has 23 heavy (non-hydrogen) atoms. The molecule has 4 nitrogen and oxygen atoms in total. The smallest absolute Gasteiger partial charge is 0.323 e. The maximum atomic E-state index is 14.1. The van der Waals surface area contributed by atoms with Crippen LogP contribution in [0.2, 0.25) is 0 Å². The molecule has 4 rings (SSSR count). The fourth-order valence-corrected chi connectivity index (χ4v) is 3.74. The first-order chi connectivity index (χ1) is 10.9. The number of carbonyl (C=O) groups excluding carboxylic acids is 2. The second-order valence-corrected chi connectivity index (χ2v) is 7.18. The van der Waals surface area contributed by atoms with E-state index in [-0.39, 0.29) is 23.9 Å². The van der Waals surface area contributed by atoms with Crippen LogP contribution in [0.5, 0.6) is 0 Å². The number of nitrogens with one attached hydrogen (secondary N) is 1. The normalized spacial score (nSPS) is 28.9. The van der Waals surface area contributed by atoms with Crippen molar-refractivity contribution in [3.8, 4) is 0 Å². The van der Waals surface area contributed by atoms with Crippen molar-refractivity contribution in [3.05, 3.63) is 35.4 Å². The van der Waals surface area contributed by atoms with Crippen LogP contribution in [0.1, 0.15) is 38.2 Å². The summed E-state index contributed by atoms with van der Waals surface area (Å²) < 4.78 is 28.2. The Bertz CT molecular complexity index is 692. The zero-order chi connectivity index (χ0) is 16.4. The highest BCUT2D eigenvalue weighted by atomic mass is 19.1. The van der Waals surface area contributed by atoms with Crippen LogP contribution >= 0.6 is 0 Å². The number of rotatable bonds is 4. The molecule has 0 unspecified atom stereocenters. The standard InChI is InChI=1S/C17H18F2N2O2/c1-16(10-5-6-10)14(22)21(15(23)20-16)9-17(7-8-17)13-11(18)3-2-4-12(13)19/h2-4,10H,5-9H2,1H3,(H,20,23)/t16-/m0/s1. The van der Waals surface area contributed by atoms with Crippen LogP contribution in [0.15, 0.2) is 18.2 Å². The number of carbonyl (C=O) groups is 2. The van der Waals surface area contributed by atoms with E-state index in [2.05, 4.69) is 5.32 Å². The van der Waals surface area contributed by atoms with Gasteiger partial charge in [-0.05, 0) is 50.7 Å². The molecule has 2 aliphatic carbocycles. The van der Waals surface area contributed by atoms with Gasteiger partial charge in [-0.2, -0.15) is 0 Å². The lowest BCUT2D eigenvalue weighted by molar-refractivity contribution is -0.131. The predicted octanol–water partition coefficient (Wildman–Crippen LogP) is 2.72. The van der Waals surface area contributed by atoms with Crippen molar-refractivity contribution >= 4 is 11.9 Å². The number of hydrogen-bond acceptors (Lipinski definition) is 2. The summed E-state index contributed by atoms with van der Waals surface area (Å²) in [6.45, 7) is 1.78. The SMILES string of the molecule is C[C@@]1(C2CC2)NC(=O)N(CC2(c3c(F)cccc3F)CC2)C1=O. The molecule has 1 aromatic carbocycles. The van der Waals surface area contributed by atoms with E-state index in [0.29, 0.717) is 12.8 Å². The summed E-state index contributed by atoms with van der Waals surface area (Å²) in [6, 6.07) is 3.31. The summed E-state index contributed by atoms with van der Waals surface area (Å²) in [7, 11) is 0. The van der Waals surface area contributed by atoms with Gasteiger partial charge in [0.25, 0.3) is 5.91 Å². The van der Waals surface area contributed by atoms with Crippen molar-refractivity contribution in [2.24, 2.45) is 5.92 Å². The largest absolute Gasteiger partial charge is 0.325 e. The Labute approximate surface area is 132 Å². The monoisotopic (exact) mass is 320 g/mol. The first kappa shape index (κ1) is 14.6. The summed E-state index contributed by atoms with van der Waals surface area (Å²) in [6.07, 6.45) is 2.98. The van der Waals surface area contributed by atoms with Crippen LogP contribution in [-0.4, -0.2) is 28.9 Å². The van der Waals surface area contributed by atoms with Gasteiger partial charge < -0.3 is 5.32 Å². The van der Waals surface area contributed by atoms with Gasteiger partial charge in [-0.1, -0.05) is 6.07 Å². The Hall–Kier alpha value is -1.98. The Morgan fingerprint density at radius 1 is 1.22 bits per heavy atom. The number of amides is 3. The quantitative estimate of drug-likeness (QED) is 0.867. The Morgan fingerprint density at radius 3 is 2.35 bits per heavy atom. The molecular weight excluding hydrogens is 302 g/mol. The highest BCUT2D eigenvalue weighted by molar-refractivity contribution is 6.07. The van der Waals surface area contributed by atoms with Gasteiger partial charge in [0.2, 0.25) is 0 Å². The molecule has 3 fully saturated rings. The summed E-state index contributed by atoms with van der Waals surface area (Å²) in [5.74, 6) is -1.32. The van der Waals surface area contributed by atoms with Crippen LogP contribution in [0.25, 0.3) is 0 Å². The van der Waals surface area contributed by atoms with Crippen molar-refractivity contribution in [2.75, 3.05) is 6.54 Å². The fourth-order valence-electron chi connectivity index (χ4n) is 3.74.